The van der Waals surface area contributed by atoms with Crippen molar-refractivity contribution in [2.45, 2.75) is 67.9 Å². The molecule has 0 fully saturated rings. The Kier molecular flexibility index (Phi) is 17.5. The van der Waals surface area contributed by atoms with Crippen molar-refractivity contribution in [3.8, 4) is 0 Å². The van der Waals surface area contributed by atoms with Gasteiger partial charge in [0.15, 0.2) is 0 Å². The Morgan fingerprint density at radius 1 is 1.09 bits per heavy atom. The predicted octanol–water partition coefficient (Wildman–Crippen LogP) is 8.20. The summed E-state index contributed by atoms with van der Waals surface area (Å²) in [5.41, 5.74) is 5.86. The van der Waals surface area contributed by atoms with Gasteiger partial charge in [-0.25, -0.2) is 9.98 Å². The monoisotopic (exact) mass is 619 g/mol. The number of allylic oxidation sites excluding steroid dienone is 7. The second-order valence-electron chi connectivity index (χ2n) is 9.53. The molecular weight excluding hydrogens is 574 g/mol. The van der Waals surface area contributed by atoms with Gasteiger partial charge in [-0.15, -0.1) is 0 Å². The van der Waals surface area contributed by atoms with Crippen LogP contribution < -0.4 is 16.0 Å². The Hall–Kier alpha value is -4.43. The van der Waals surface area contributed by atoms with Gasteiger partial charge in [0.25, 0.3) is 12.4 Å². The number of hydrogen-bond acceptors (Lipinski definition) is 6. The third-order valence-corrected chi connectivity index (χ3v) is 6.39. The summed E-state index contributed by atoms with van der Waals surface area (Å²) >= 11 is 6.57. The molecule has 8 nitrogen and oxygen atoms in total. The maximum atomic E-state index is 13.5. The SMILES string of the molecule is CC.CC/C=C(C)/C=C\C=C(/C)NC(=O)C1=C(C)NC(/N=C(/C)Nc2ccccc2C)=NC1c1ccccc1Cl.COC=O. The number of methoxy groups -OCH3 is 1. The van der Waals surface area contributed by atoms with Crippen LogP contribution in [0.2, 0.25) is 5.02 Å². The van der Waals surface area contributed by atoms with E-state index in [1.54, 1.807) is 6.07 Å². The molecule has 1 atom stereocenters. The van der Waals surface area contributed by atoms with E-state index in [1.807, 2.05) is 109 Å². The molecule has 1 heterocycles. The summed E-state index contributed by atoms with van der Waals surface area (Å²) in [6, 6.07) is 14.8. The predicted molar refractivity (Wildman–Crippen MR) is 185 cm³/mol. The first-order chi connectivity index (χ1) is 21.1. The van der Waals surface area contributed by atoms with E-state index >= 15 is 0 Å². The number of hydrogen-bond donors (Lipinski definition) is 3. The largest absolute Gasteiger partial charge is 0.471 e. The molecule has 2 aromatic carbocycles. The number of aliphatic imine (C=N–C) groups is 2. The summed E-state index contributed by atoms with van der Waals surface area (Å²) in [6.07, 6.45) is 8.94. The summed E-state index contributed by atoms with van der Waals surface area (Å²) in [7, 11) is 1.31. The first-order valence-electron chi connectivity index (χ1n) is 14.6. The molecule has 3 N–H and O–H groups in total. The molecule has 1 amide bonds. The van der Waals surface area contributed by atoms with Gasteiger partial charge in [-0.1, -0.05) is 92.6 Å². The minimum atomic E-state index is -0.618. The quantitative estimate of drug-likeness (QED) is 0.120. The number of carbonyl (C=O) groups is 2. The number of carbonyl (C=O) groups excluding carboxylic acids is 2. The molecule has 0 bridgehead atoms. The number of amides is 1. The number of halogens is 1. The van der Waals surface area contributed by atoms with Crippen LogP contribution in [-0.4, -0.2) is 31.3 Å². The highest BCUT2D eigenvalue weighted by Gasteiger charge is 2.30. The van der Waals surface area contributed by atoms with E-state index in [9.17, 15) is 4.79 Å². The normalized spacial score (nSPS) is 15.2. The molecule has 0 aromatic heterocycles. The average Bonchev–Trinajstić information content (AvgIpc) is 2.99. The topological polar surface area (TPSA) is 104 Å². The number of nitrogens with zero attached hydrogens (tertiary/aromatic N) is 2. The zero-order valence-electron chi connectivity index (χ0n) is 27.3. The number of anilines is 1. The van der Waals surface area contributed by atoms with Crippen LogP contribution in [0.15, 0.2) is 105 Å². The molecular formula is C35H46ClN5O3. The maximum Gasteiger partial charge on any atom is 0.292 e. The third-order valence-electron chi connectivity index (χ3n) is 6.05. The number of benzene rings is 2. The Labute approximate surface area is 267 Å². The van der Waals surface area contributed by atoms with Gasteiger partial charge in [0.05, 0.1) is 12.7 Å². The van der Waals surface area contributed by atoms with Crippen molar-refractivity contribution in [2.75, 3.05) is 12.4 Å². The fourth-order valence-corrected chi connectivity index (χ4v) is 4.29. The van der Waals surface area contributed by atoms with Crippen molar-refractivity contribution in [1.29, 1.82) is 0 Å². The van der Waals surface area contributed by atoms with Gasteiger partial charge in [0, 0.05) is 27.7 Å². The Morgan fingerprint density at radius 2 is 1.73 bits per heavy atom. The highest BCUT2D eigenvalue weighted by atomic mass is 35.5. The minimum absolute atomic E-state index is 0.246. The van der Waals surface area contributed by atoms with E-state index < -0.39 is 6.04 Å². The van der Waals surface area contributed by atoms with Gasteiger partial charge in [0.1, 0.15) is 11.9 Å². The number of aryl methyl sites for hydroxylation is 1. The summed E-state index contributed by atoms with van der Waals surface area (Å²) in [5, 5.41) is 10.1. The number of para-hydroxylation sites is 1. The molecule has 1 aliphatic heterocycles. The van der Waals surface area contributed by atoms with Gasteiger partial charge >= 0.3 is 0 Å². The van der Waals surface area contributed by atoms with Crippen molar-refractivity contribution in [3.05, 3.63) is 112 Å². The van der Waals surface area contributed by atoms with E-state index in [0.29, 0.717) is 34.6 Å². The average molecular weight is 620 g/mol. The highest BCUT2D eigenvalue weighted by molar-refractivity contribution is 6.31. The van der Waals surface area contributed by atoms with Gasteiger partial charge in [-0.2, -0.15) is 0 Å². The maximum absolute atomic E-state index is 13.5. The van der Waals surface area contributed by atoms with Crippen LogP contribution >= 0.6 is 11.6 Å². The zero-order valence-corrected chi connectivity index (χ0v) is 28.0. The minimum Gasteiger partial charge on any atom is -0.471 e. The van der Waals surface area contributed by atoms with Crippen LogP contribution in [0.4, 0.5) is 5.69 Å². The summed E-state index contributed by atoms with van der Waals surface area (Å²) < 4.78 is 3.86. The molecule has 1 aliphatic rings. The number of guanidine groups is 1. The second kappa shape index (κ2) is 20.5. The van der Waals surface area contributed by atoms with Gasteiger partial charge < -0.3 is 20.7 Å². The molecule has 0 radical (unpaired) electrons. The molecule has 2 aromatic rings. The lowest BCUT2D eigenvalue weighted by Gasteiger charge is -2.26. The van der Waals surface area contributed by atoms with Crippen molar-refractivity contribution in [3.63, 3.8) is 0 Å². The molecule has 1 unspecified atom stereocenters. The van der Waals surface area contributed by atoms with E-state index in [0.717, 1.165) is 28.9 Å². The third kappa shape index (κ3) is 12.4. The van der Waals surface area contributed by atoms with Crippen LogP contribution in [0.25, 0.3) is 0 Å². The van der Waals surface area contributed by atoms with Crippen molar-refractivity contribution in [2.24, 2.45) is 9.98 Å². The summed E-state index contributed by atoms with van der Waals surface area (Å²) in [4.78, 5) is 31.9. The van der Waals surface area contributed by atoms with E-state index in [4.69, 9.17) is 21.4 Å². The van der Waals surface area contributed by atoms with E-state index in [2.05, 4.69) is 38.7 Å². The Bertz CT molecular complexity index is 1440. The molecule has 44 heavy (non-hydrogen) atoms. The van der Waals surface area contributed by atoms with Gasteiger partial charge in [0.2, 0.25) is 5.96 Å². The number of rotatable bonds is 8. The van der Waals surface area contributed by atoms with Crippen LogP contribution in [0.5, 0.6) is 0 Å². The number of nitrogens with one attached hydrogen (secondary N) is 3. The molecule has 0 aliphatic carbocycles. The Morgan fingerprint density at radius 3 is 2.34 bits per heavy atom. The summed E-state index contributed by atoms with van der Waals surface area (Å²) in [6.45, 7) is 16.1. The number of amidine groups is 1. The first-order valence-corrected chi connectivity index (χ1v) is 15.0. The smallest absolute Gasteiger partial charge is 0.292 e. The van der Waals surface area contributed by atoms with E-state index in [-0.39, 0.29) is 5.91 Å². The fraction of sp³-hybridized carbons (Fsp3) is 0.314. The van der Waals surface area contributed by atoms with Crippen LogP contribution in [0.3, 0.4) is 0 Å². The number of ether oxygens (including phenoxy) is 1. The van der Waals surface area contributed by atoms with Gasteiger partial charge in [-0.3, -0.25) is 9.59 Å². The van der Waals surface area contributed by atoms with Crippen molar-refractivity contribution in [1.82, 2.24) is 10.6 Å². The zero-order chi connectivity index (χ0) is 33.1. The molecule has 0 spiro atoms. The molecule has 0 saturated heterocycles. The summed E-state index contributed by atoms with van der Waals surface area (Å²) in [5.74, 6) is 0.822. The lowest BCUT2D eigenvalue weighted by atomic mass is 9.95. The standard InChI is InChI=1S/C31H36ClN5O.C2H4O2.C2H6/c1-7-13-20(2)14-12-16-22(4)33-30(38)28-23(5)34-31(37-29(28)25-17-9-10-18-26(25)32)36-24(6)35-27-19-11-8-15-21(27)3;1-4-2-3;1-2/h8-19,29H,7H2,1-6H3,(H,33,38)(H2,34,35,36,37);2H,1H3;1-2H3/b14-12-,20-13+,22-16+;;. The van der Waals surface area contributed by atoms with Crippen LogP contribution in [-0.2, 0) is 14.3 Å². The molecule has 236 valence electrons. The molecule has 9 heteroatoms. The first kappa shape index (κ1) is 37.6. The lowest BCUT2D eigenvalue weighted by molar-refractivity contribution is -0.126. The van der Waals surface area contributed by atoms with Crippen molar-refractivity contribution < 1.29 is 14.3 Å². The lowest BCUT2D eigenvalue weighted by Crippen LogP contribution is -2.35. The fourth-order valence-electron chi connectivity index (χ4n) is 4.05. The highest BCUT2D eigenvalue weighted by Crippen LogP contribution is 2.35. The Balaban J connectivity index is 0.00000149. The second-order valence-corrected chi connectivity index (χ2v) is 9.94. The van der Waals surface area contributed by atoms with Gasteiger partial charge in [-0.05, 0) is 64.8 Å². The molecule has 0 saturated carbocycles. The van der Waals surface area contributed by atoms with Crippen molar-refractivity contribution >= 4 is 41.5 Å². The molecule has 3 rings (SSSR count). The van der Waals surface area contributed by atoms with Crippen LogP contribution in [0.1, 0.15) is 72.1 Å². The van der Waals surface area contributed by atoms with E-state index in [1.165, 1.54) is 12.7 Å². The van der Waals surface area contributed by atoms with Crippen LogP contribution in [0, 0.1) is 6.92 Å².